The Hall–Kier alpha value is -0.930. The van der Waals surface area contributed by atoms with Gasteiger partial charge in [0, 0.05) is 36.4 Å². The summed E-state index contributed by atoms with van der Waals surface area (Å²) in [5, 5.41) is 6.82. The van der Waals surface area contributed by atoms with Crippen molar-refractivity contribution in [1.29, 1.82) is 0 Å². The minimum absolute atomic E-state index is 0.109. The minimum Gasteiger partial charge on any atom is -0.314 e. The molecular formula is C14H25N3. The number of nitrogens with zero attached hydrogens (tertiary/aromatic N) is 1. The van der Waals surface area contributed by atoms with E-state index in [-0.39, 0.29) is 11.0 Å². The van der Waals surface area contributed by atoms with Gasteiger partial charge in [0.15, 0.2) is 0 Å². The molecule has 1 aromatic heterocycles. The van der Waals surface area contributed by atoms with Gasteiger partial charge in [0.05, 0.1) is 0 Å². The summed E-state index contributed by atoms with van der Waals surface area (Å²) in [6.07, 6.45) is 3.77. The second-order valence-electron chi connectivity index (χ2n) is 5.86. The third kappa shape index (κ3) is 4.44. The highest BCUT2D eigenvalue weighted by Crippen LogP contribution is 2.20. The van der Waals surface area contributed by atoms with Gasteiger partial charge in [-0.1, -0.05) is 19.9 Å². The van der Waals surface area contributed by atoms with Crippen LogP contribution in [0.25, 0.3) is 0 Å². The molecule has 2 N–H and O–H groups in total. The van der Waals surface area contributed by atoms with E-state index in [4.69, 9.17) is 0 Å². The molecule has 1 heterocycles. The highest BCUT2D eigenvalue weighted by molar-refractivity contribution is 5.19. The number of aromatic nitrogens is 1. The maximum Gasteiger partial charge on any atom is 0.0305 e. The predicted octanol–water partition coefficient (Wildman–Crippen LogP) is 1.95. The van der Waals surface area contributed by atoms with Crippen LogP contribution >= 0.6 is 0 Å². The van der Waals surface area contributed by atoms with E-state index in [0.717, 1.165) is 13.1 Å². The predicted molar refractivity (Wildman–Crippen MR) is 73.3 cm³/mol. The first-order chi connectivity index (χ1) is 7.87. The Morgan fingerprint density at radius 2 is 1.88 bits per heavy atom. The zero-order valence-electron chi connectivity index (χ0n) is 11.7. The van der Waals surface area contributed by atoms with Crippen LogP contribution in [0.3, 0.4) is 0 Å². The van der Waals surface area contributed by atoms with Crippen LogP contribution in [-0.4, -0.2) is 30.7 Å². The molecule has 3 nitrogen and oxygen atoms in total. The van der Waals surface area contributed by atoms with Crippen molar-refractivity contribution in [2.24, 2.45) is 0 Å². The van der Waals surface area contributed by atoms with Gasteiger partial charge >= 0.3 is 0 Å². The Morgan fingerprint density at radius 1 is 1.18 bits per heavy atom. The fourth-order valence-corrected chi connectivity index (χ4v) is 1.64. The summed E-state index contributed by atoms with van der Waals surface area (Å²) in [6, 6.07) is 4.13. The maximum absolute atomic E-state index is 4.18. The van der Waals surface area contributed by atoms with E-state index in [1.54, 1.807) is 0 Å². The van der Waals surface area contributed by atoms with Gasteiger partial charge in [0.2, 0.25) is 0 Å². The molecule has 0 bridgehead atoms. The van der Waals surface area contributed by atoms with Crippen LogP contribution in [0, 0.1) is 0 Å². The van der Waals surface area contributed by atoms with Crippen LogP contribution < -0.4 is 10.6 Å². The number of likely N-dealkylation sites (N-methyl/N-ethyl adjacent to an activating group) is 1. The van der Waals surface area contributed by atoms with Gasteiger partial charge in [-0.3, -0.25) is 4.98 Å². The van der Waals surface area contributed by atoms with Gasteiger partial charge in [0.25, 0.3) is 0 Å². The first-order valence-corrected chi connectivity index (χ1v) is 6.17. The monoisotopic (exact) mass is 235 g/mol. The lowest BCUT2D eigenvalue weighted by Crippen LogP contribution is -2.48. The third-order valence-electron chi connectivity index (χ3n) is 3.25. The van der Waals surface area contributed by atoms with E-state index in [2.05, 4.69) is 49.4 Å². The molecule has 0 saturated carbocycles. The zero-order chi connectivity index (χ0) is 12.9. The molecule has 0 saturated heterocycles. The summed E-state index contributed by atoms with van der Waals surface area (Å²) >= 11 is 0. The lowest BCUT2D eigenvalue weighted by atomic mass is 9.85. The smallest absolute Gasteiger partial charge is 0.0305 e. The second kappa shape index (κ2) is 5.61. The largest absolute Gasteiger partial charge is 0.314 e. The lowest BCUT2D eigenvalue weighted by molar-refractivity contribution is 0.367. The lowest BCUT2D eigenvalue weighted by Gasteiger charge is -2.29. The van der Waals surface area contributed by atoms with Crippen molar-refractivity contribution in [1.82, 2.24) is 15.6 Å². The highest BCUT2D eigenvalue weighted by Gasteiger charge is 2.22. The average molecular weight is 235 g/mol. The molecule has 1 rings (SSSR count). The van der Waals surface area contributed by atoms with Crippen molar-refractivity contribution >= 4 is 0 Å². The Labute approximate surface area is 105 Å². The van der Waals surface area contributed by atoms with Crippen molar-refractivity contribution in [3.8, 4) is 0 Å². The average Bonchev–Trinajstić information content (AvgIpc) is 2.30. The molecule has 0 atom stereocenters. The van der Waals surface area contributed by atoms with E-state index < -0.39 is 0 Å². The van der Waals surface area contributed by atoms with Gasteiger partial charge in [0.1, 0.15) is 0 Å². The van der Waals surface area contributed by atoms with Crippen LogP contribution in [0.2, 0.25) is 0 Å². The van der Waals surface area contributed by atoms with Crippen molar-refractivity contribution in [2.45, 2.75) is 38.6 Å². The normalized spacial score (nSPS) is 12.8. The summed E-state index contributed by atoms with van der Waals surface area (Å²) in [4.78, 5) is 4.18. The van der Waals surface area contributed by atoms with E-state index in [1.165, 1.54) is 5.56 Å². The maximum atomic E-state index is 4.18. The molecule has 3 heteroatoms. The first-order valence-electron chi connectivity index (χ1n) is 6.17. The number of nitrogens with one attached hydrogen (secondary N) is 2. The number of hydrogen-bond acceptors (Lipinski definition) is 3. The van der Waals surface area contributed by atoms with Gasteiger partial charge in [-0.2, -0.15) is 0 Å². The summed E-state index contributed by atoms with van der Waals surface area (Å²) in [7, 11) is 1.99. The van der Waals surface area contributed by atoms with Crippen LogP contribution in [0.15, 0.2) is 24.5 Å². The zero-order valence-corrected chi connectivity index (χ0v) is 11.7. The van der Waals surface area contributed by atoms with Crippen molar-refractivity contribution in [3.63, 3.8) is 0 Å². The van der Waals surface area contributed by atoms with Crippen molar-refractivity contribution < 1.29 is 0 Å². The van der Waals surface area contributed by atoms with Crippen LogP contribution in [0.4, 0.5) is 0 Å². The van der Waals surface area contributed by atoms with Gasteiger partial charge < -0.3 is 10.6 Å². The second-order valence-corrected chi connectivity index (χ2v) is 5.86. The Balaban J connectivity index is 2.51. The molecule has 0 unspecified atom stereocenters. The van der Waals surface area contributed by atoms with Crippen molar-refractivity contribution in [3.05, 3.63) is 30.1 Å². The fourth-order valence-electron chi connectivity index (χ4n) is 1.64. The van der Waals surface area contributed by atoms with E-state index in [9.17, 15) is 0 Å². The molecule has 0 aromatic carbocycles. The molecule has 0 amide bonds. The summed E-state index contributed by atoms with van der Waals surface area (Å²) in [5.74, 6) is 0. The van der Waals surface area contributed by atoms with Crippen LogP contribution in [-0.2, 0) is 5.41 Å². The topological polar surface area (TPSA) is 37.0 Å². The fraction of sp³-hybridized carbons (Fsp3) is 0.643. The Kier molecular flexibility index (Phi) is 4.66. The molecule has 0 spiro atoms. The molecule has 17 heavy (non-hydrogen) atoms. The standard InChI is InChI=1S/C14H25N3/c1-13(2,12-7-6-8-16-9-12)10-17-11-14(3,4)15-5/h6-9,15,17H,10-11H2,1-5H3. The van der Waals surface area contributed by atoms with Crippen LogP contribution in [0.5, 0.6) is 0 Å². The summed E-state index contributed by atoms with van der Waals surface area (Å²) in [5.41, 5.74) is 1.51. The molecular weight excluding hydrogens is 210 g/mol. The molecule has 1 aromatic rings. The summed E-state index contributed by atoms with van der Waals surface area (Å²) in [6.45, 7) is 10.8. The Morgan fingerprint density at radius 3 is 2.41 bits per heavy atom. The first kappa shape index (κ1) is 14.1. The summed E-state index contributed by atoms with van der Waals surface area (Å²) < 4.78 is 0. The number of hydrogen-bond donors (Lipinski definition) is 2. The van der Waals surface area contributed by atoms with E-state index >= 15 is 0 Å². The number of rotatable bonds is 6. The van der Waals surface area contributed by atoms with Gasteiger partial charge in [-0.15, -0.1) is 0 Å². The quantitative estimate of drug-likeness (QED) is 0.791. The molecule has 0 aliphatic carbocycles. The molecule has 0 aliphatic rings. The van der Waals surface area contributed by atoms with Gasteiger partial charge in [-0.05, 0) is 32.5 Å². The Bertz CT molecular complexity index is 331. The van der Waals surface area contributed by atoms with Crippen LogP contribution in [0.1, 0.15) is 33.3 Å². The van der Waals surface area contributed by atoms with Crippen molar-refractivity contribution in [2.75, 3.05) is 20.1 Å². The molecule has 96 valence electrons. The molecule has 0 fully saturated rings. The third-order valence-corrected chi connectivity index (χ3v) is 3.25. The minimum atomic E-state index is 0.109. The molecule has 0 aliphatic heterocycles. The van der Waals surface area contributed by atoms with E-state index in [0.29, 0.717) is 0 Å². The number of pyridine rings is 1. The van der Waals surface area contributed by atoms with Gasteiger partial charge in [-0.25, -0.2) is 0 Å². The SMILES string of the molecule is CNC(C)(C)CNCC(C)(C)c1cccnc1. The van der Waals surface area contributed by atoms with E-state index in [1.807, 2.05) is 25.5 Å². The highest BCUT2D eigenvalue weighted by atomic mass is 15.0. The molecule has 0 radical (unpaired) electrons.